The lowest BCUT2D eigenvalue weighted by Gasteiger charge is -2.32. The zero-order valence-electron chi connectivity index (χ0n) is 11.4. The molecule has 1 aromatic carbocycles. The summed E-state index contributed by atoms with van der Waals surface area (Å²) in [5.74, 6) is -1.69. The van der Waals surface area contributed by atoms with Gasteiger partial charge in [0.25, 0.3) is 5.91 Å². The molecular weight excluding hydrogens is 293 g/mol. The smallest absolute Gasteiger partial charge is 0.306 e. The molecule has 0 aliphatic heterocycles. The minimum atomic E-state index is -0.811. The summed E-state index contributed by atoms with van der Waals surface area (Å²) in [7, 11) is 0. The van der Waals surface area contributed by atoms with Crippen molar-refractivity contribution in [1.29, 1.82) is 0 Å². The Kier molecular flexibility index (Phi) is 3.41. The standard InChI is InChI=1S/C15H14FNO3S/c1-7-11-6-9(16)2-3-12(11)21-13(7)14(18)17-10-4-8(5-10)15(19)20/h2-3,6,8,10H,4-5H2,1H3,(H,17,18)(H,19,20). The third-order valence-electron chi connectivity index (χ3n) is 3.93. The molecular formula is C15H14FNO3S. The van der Waals surface area contributed by atoms with Crippen LogP contribution in [0.15, 0.2) is 18.2 Å². The van der Waals surface area contributed by atoms with Crippen molar-refractivity contribution in [3.63, 3.8) is 0 Å². The molecule has 1 heterocycles. The van der Waals surface area contributed by atoms with Crippen molar-refractivity contribution < 1.29 is 19.1 Å². The van der Waals surface area contributed by atoms with Crippen molar-refractivity contribution in [2.24, 2.45) is 5.92 Å². The quantitative estimate of drug-likeness (QED) is 0.916. The summed E-state index contributed by atoms with van der Waals surface area (Å²) in [4.78, 5) is 23.6. The fraction of sp³-hybridized carbons (Fsp3) is 0.333. The van der Waals surface area contributed by atoms with E-state index in [0.29, 0.717) is 17.7 Å². The number of thiophene rings is 1. The highest BCUT2D eigenvalue weighted by Crippen LogP contribution is 2.32. The van der Waals surface area contributed by atoms with Crippen LogP contribution < -0.4 is 5.32 Å². The number of hydrogen-bond acceptors (Lipinski definition) is 3. The van der Waals surface area contributed by atoms with Gasteiger partial charge in [-0.25, -0.2) is 4.39 Å². The van der Waals surface area contributed by atoms with Crippen LogP contribution in [0.4, 0.5) is 4.39 Å². The lowest BCUT2D eigenvalue weighted by atomic mass is 9.80. The highest BCUT2D eigenvalue weighted by molar-refractivity contribution is 7.21. The molecule has 21 heavy (non-hydrogen) atoms. The Morgan fingerprint density at radius 2 is 2.10 bits per heavy atom. The predicted octanol–water partition coefficient (Wildman–Crippen LogP) is 2.94. The second kappa shape index (κ2) is 5.11. The molecule has 1 aromatic heterocycles. The Morgan fingerprint density at radius 1 is 1.38 bits per heavy atom. The van der Waals surface area contributed by atoms with Crippen LogP contribution in [-0.4, -0.2) is 23.0 Å². The fourth-order valence-electron chi connectivity index (χ4n) is 2.60. The van der Waals surface area contributed by atoms with Crippen LogP contribution in [0.2, 0.25) is 0 Å². The maximum absolute atomic E-state index is 13.3. The molecule has 0 radical (unpaired) electrons. The summed E-state index contributed by atoms with van der Waals surface area (Å²) in [6.45, 7) is 1.80. The fourth-order valence-corrected chi connectivity index (χ4v) is 3.69. The molecule has 1 aliphatic rings. The number of aliphatic carboxylic acids is 1. The van der Waals surface area contributed by atoms with Crippen molar-refractivity contribution in [3.8, 4) is 0 Å². The highest BCUT2D eigenvalue weighted by atomic mass is 32.1. The van der Waals surface area contributed by atoms with Gasteiger partial charge < -0.3 is 10.4 Å². The molecule has 1 aliphatic carbocycles. The van der Waals surface area contributed by atoms with Crippen molar-refractivity contribution in [3.05, 3.63) is 34.5 Å². The summed E-state index contributed by atoms with van der Waals surface area (Å²) < 4.78 is 14.1. The van der Waals surface area contributed by atoms with Gasteiger partial charge in [0.05, 0.1) is 10.8 Å². The van der Waals surface area contributed by atoms with E-state index in [2.05, 4.69) is 5.32 Å². The number of rotatable bonds is 3. The monoisotopic (exact) mass is 307 g/mol. The number of fused-ring (bicyclic) bond motifs is 1. The van der Waals surface area contributed by atoms with Crippen molar-refractivity contribution >= 4 is 33.3 Å². The Hall–Kier alpha value is -1.95. The third kappa shape index (κ3) is 2.51. The Balaban J connectivity index is 1.76. The maximum atomic E-state index is 13.3. The van der Waals surface area contributed by atoms with Crippen LogP contribution in [0.3, 0.4) is 0 Å². The first-order valence-corrected chi connectivity index (χ1v) is 7.49. The molecule has 2 N–H and O–H groups in total. The van der Waals surface area contributed by atoms with Crippen LogP contribution >= 0.6 is 11.3 Å². The van der Waals surface area contributed by atoms with E-state index in [9.17, 15) is 14.0 Å². The minimum Gasteiger partial charge on any atom is -0.481 e. The summed E-state index contributed by atoms with van der Waals surface area (Å²) in [6.07, 6.45) is 0.944. The summed E-state index contributed by atoms with van der Waals surface area (Å²) >= 11 is 1.33. The van der Waals surface area contributed by atoms with Gasteiger partial charge in [0.2, 0.25) is 0 Å². The molecule has 2 aromatic rings. The largest absolute Gasteiger partial charge is 0.481 e. The second-order valence-electron chi connectivity index (χ2n) is 5.37. The summed E-state index contributed by atoms with van der Waals surface area (Å²) in [5.41, 5.74) is 0.765. The van der Waals surface area contributed by atoms with Crippen molar-refractivity contribution in [1.82, 2.24) is 5.32 Å². The van der Waals surface area contributed by atoms with Crippen LogP contribution in [-0.2, 0) is 4.79 Å². The molecule has 4 nitrogen and oxygen atoms in total. The number of carboxylic acid groups (broad SMARTS) is 1. The zero-order chi connectivity index (χ0) is 15.1. The summed E-state index contributed by atoms with van der Waals surface area (Å²) in [6, 6.07) is 4.40. The predicted molar refractivity (Wildman–Crippen MR) is 78.1 cm³/mol. The maximum Gasteiger partial charge on any atom is 0.306 e. The van der Waals surface area contributed by atoms with E-state index in [1.165, 1.54) is 23.5 Å². The van der Waals surface area contributed by atoms with E-state index < -0.39 is 5.97 Å². The number of nitrogens with one attached hydrogen (secondary N) is 1. The second-order valence-corrected chi connectivity index (χ2v) is 6.43. The van der Waals surface area contributed by atoms with Gasteiger partial charge in [0.1, 0.15) is 5.82 Å². The SMILES string of the molecule is Cc1c(C(=O)NC2CC(C(=O)O)C2)sc2ccc(F)cc12. The van der Waals surface area contributed by atoms with Gasteiger partial charge in [-0.15, -0.1) is 11.3 Å². The normalized spacial score (nSPS) is 21.0. The van der Waals surface area contributed by atoms with Crippen LogP contribution in [0, 0.1) is 18.7 Å². The van der Waals surface area contributed by atoms with Gasteiger partial charge in [-0.05, 0) is 48.9 Å². The molecule has 110 valence electrons. The molecule has 0 saturated heterocycles. The highest BCUT2D eigenvalue weighted by Gasteiger charge is 2.35. The van der Waals surface area contributed by atoms with E-state index >= 15 is 0 Å². The van der Waals surface area contributed by atoms with Gasteiger partial charge in [-0.1, -0.05) is 0 Å². The van der Waals surface area contributed by atoms with Gasteiger partial charge in [-0.3, -0.25) is 9.59 Å². The number of aryl methyl sites for hydroxylation is 1. The number of carboxylic acids is 1. The summed E-state index contributed by atoms with van der Waals surface area (Å²) in [5, 5.41) is 12.4. The third-order valence-corrected chi connectivity index (χ3v) is 5.20. The van der Waals surface area contributed by atoms with Crippen molar-refractivity contribution in [2.75, 3.05) is 0 Å². The van der Waals surface area contributed by atoms with Crippen molar-refractivity contribution in [2.45, 2.75) is 25.8 Å². The number of carbonyl (C=O) groups is 2. The van der Waals surface area contributed by atoms with Crippen LogP contribution in [0.5, 0.6) is 0 Å². The lowest BCUT2D eigenvalue weighted by molar-refractivity contribution is -0.145. The van der Waals surface area contributed by atoms with E-state index in [0.717, 1.165) is 15.6 Å². The number of amides is 1. The van der Waals surface area contributed by atoms with E-state index in [-0.39, 0.29) is 23.7 Å². The molecule has 0 unspecified atom stereocenters. The number of benzene rings is 1. The van der Waals surface area contributed by atoms with Gasteiger partial charge in [-0.2, -0.15) is 0 Å². The van der Waals surface area contributed by atoms with Gasteiger partial charge >= 0.3 is 5.97 Å². The molecule has 6 heteroatoms. The molecule has 1 amide bonds. The topological polar surface area (TPSA) is 66.4 Å². The first kappa shape index (κ1) is 14.0. The zero-order valence-corrected chi connectivity index (χ0v) is 12.2. The number of halogens is 1. The molecule has 0 spiro atoms. The lowest BCUT2D eigenvalue weighted by Crippen LogP contribution is -2.46. The minimum absolute atomic E-state index is 0.0834. The Bertz CT molecular complexity index is 734. The molecule has 1 fully saturated rings. The van der Waals surface area contributed by atoms with E-state index in [1.807, 2.05) is 0 Å². The van der Waals surface area contributed by atoms with Gasteiger partial charge in [0, 0.05) is 10.7 Å². The Morgan fingerprint density at radius 3 is 2.76 bits per heavy atom. The molecule has 1 saturated carbocycles. The molecule has 0 bridgehead atoms. The molecule has 0 atom stereocenters. The van der Waals surface area contributed by atoms with E-state index in [4.69, 9.17) is 5.11 Å². The van der Waals surface area contributed by atoms with E-state index in [1.54, 1.807) is 13.0 Å². The first-order chi connectivity index (χ1) is 9.95. The number of carbonyl (C=O) groups excluding carboxylic acids is 1. The average Bonchev–Trinajstić information content (AvgIpc) is 2.70. The first-order valence-electron chi connectivity index (χ1n) is 6.68. The molecule has 3 rings (SSSR count). The van der Waals surface area contributed by atoms with Gasteiger partial charge in [0.15, 0.2) is 0 Å². The Labute approximate surface area is 124 Å². The average molecular weight is 307 g/mol. The van der Waals surface area contributed by atoms with Crippen LogP contribution in [0.25, 0.3) is 10.1 Å². The number of hydrogen-bond donors (Lipinski definition) is 2. The van der Waals surface area contributed by atoms with Crippen LogP contribution in [0.1, 0.15) is 28.1 Å².